The third-order valence-corrected chi connectivity index (χ3v) is 7.04. The van der Waals surface area contributed by atoms with E-state index in [9.17, 15) is 0 Å². The summed E-state index contributed by atoms with van der Waals surface area (Å²) in [6, 6.07) is 11.8. The lowest BCUT2D eigenvalue weighted by Crippen LogP contribution is -2.29. The molecule has 0 radical (unpaired) electrons. The number of benzene rings is 2. The Kier molecular flexibility index (Phi) is 6.18. The lowest BCUT2D eigenvalue weighted by Gasteiger charge is -2.35. The summed E-state index contributed by atoms with van der Waals surface area (Å²) in [5, 5.41) is 2.04. The van der Waals surface area contributed by atoms with Gasteiger partial charge in [-0.15, -0.1) is 0 Å². The van der Waals surface area contributed by atoms with Crippen molar-refractivity contribution in [2.24, 2.45) is 0 Å². The molecule has 2 aromatic rings. The van der Waals surface area contributed by atoms with Gasteiger partial charge in [-0.1, -0.05) is 32.9 Å². The second-order valence-corrected chi connectivity index (χ2v) is 9.44. The molecule has 0 aliphatic heterocycles. The maximum absolute atomic E-state index is 5.69. The normalized spacial score (nSPS) is 11.4. The maximum atomic E-state index is 5.69. The second kappa shape index (κ2) is 7.97. The van der Waals surface area contributed by atoms with Gasteiger partial charge in [0.1, 0.15) is 23.0 Å². The van der Waals surface area contributed by atoms with Crippen LogP contribution in [0.15, 0.2) is 36.4 Å². The van der Waals surface area contributed by atoms with Gasteiger partial charge in [0.15, 0.2) is 0 Å². The van der Waals surface area contributed by atoms with Gasteiger partial charge in [0.25, 0.3) is 0 Å². The molecule has 0 unspecified atom stereocenters. The summed E-state index contributed by atoms with van der Waals surface area (Å²) in [6.07, 6.45) is 0. The zero-order chi connectivity index (χ0) is 18.6. The highest BCUT2D eigenvalue weighted by molar-refractivity contribution is 7.75. The Morgan fingerprint density at radius 3 is 1.08 bits per heavy atom. The van der Waals surface area contributed by atoms with Crippen LogP contribution in [-0.2, 0) is 0 Å². The molecule has 0 aliphatic carbocycles. The molecule has 0 heterocycles. The van der Waals surface area contributed by atoms with E-state index in [1.807, 2.05) is 36.4 Å². The van der Waals surface area contributed by atoms with Gasteiger partial charge in [-0.2, -0.15) is 0 Å². The van der Waals surface area contributed by atoms with Gasteiger partial charge in [0, 0.05) is 0 Å². The SMILES string of the molecule is COc1cccc(OC)c1P(c1c(OC)cccc1OC)C(C)(C)C. The Balaban J connectivity index is 2.86. The fourth-order valence-electron chi connectivity index (χ4n) is 2.89. The van der Waals surface area contributed by atoms with E-state index in [4.69, 9.17) is 18.9 Å². The molecule has 5 heteroatoms. The largest absolute Gasteiger partial charge is 0.496 e. The van der Waals surface area contributed by atoms with Gasteiger partial charge in [-0.3, -0.25) is 0 Å². The van der Waals surface area contributed by atoms with Crippen LogP contribution in [0.5, 0.6) is 23.0 Å². The highest BCUT2D eigenvalue weighted by Crippen LogP contribution is 2.55. The summed E-state index contributed by atoms with van der Waals surface area (Å²) in [6.45, 7) is 6.66. The van der Waals surface area contributed by atoms with E-state index in [0.29, 0.717) is 0 Å². The molecule has 0 aromatic heterocycles. The minimum Gasteiger partial charge on any atom is -0.496 e. The first-order valence-electron chi connectivity index (χ1n) is 8.11. The van der Waals surface area contributed by atoms with Crippen LogP contribution in [0, 0.1) is 0 Å². The van der Waals surface area contributed by atoms with Crippen LogP contribution in [0.25, 0.3) is 0 Å². The van der Waals surface area contributed by atoms with Crippen molar-refractivity contribution < 1.29 is 18.9 Å². The Morgan fingerprint density at radius 2 is 0.880 bits per heavy atom. The van der Waals surface area contributed by atoms with Crippen molar-refractivity contribution in [2.75, 3.05) is 28.4 Å². The smallest absolute Gasteiger partial charge is 0.130 e. The van der Waals surface area contributed by atoms with Crippen LogP contribution in [0.3, 0.4) is 0 Å². The van der Waals surface area contributed by atoms with E-state index in [0.717, 1.165) is 33.6 Å². The minimum absolute atomic E-state index is 0.0703. The predicted molar refractivity (Wildman–Crippen MR) is 105 cm³/mol. The molecule has 0 bridgehead atoms. The molecule has 2 rings (SSSR count). The molecule has 0 saturated carbocycles. The standard InChI is InChI=1S/C20H27O4P/c1-20(2,3)25(18-14(21-4)10-8-11-15(18)22-5)19-16(23-6)12-9-13-17(19)24-7/h8-13H,1-7H3. The van der Waals surface area contributed by atoms with Crippen molar-refractivity contribution >= 4 is 18.5 Å². The quantitative estimate of drug-likeness (QED) is 0.729. The number of methoxy groups -OCH3 is 4. The molecular weight excluding hydrogens is 335 g/mol. The summed E-state index contributed by atoms with van der Waals surface area (Å²) < 4.78 is 22.7. The molecule has 2 aromatic carbocycles. The zero-order valence-corrected chi connectivity index (χ0v) is 16.9. The van der Waals surface area contributed by atoms with Crippen LogP contribution in [0.2, 0.25) is 0 Å². The molecule has 0 fully saturated rings. The third-order valence-electron chi connectivity index (χ3n) is 3.92. The van der Waals surface area contributed by atoms with Crippen LogP contribution in [0.4, 0.5) is 0 Å². The van der Waals surface area contributed by atoms with Gasteiger partial charge in [0.2, 0.25) is 0 Å². The maximum Gasteiger partial charge on any atom is 0.130 e. The Labute approximate surface area is 151 Å². The van der Waals surface area contributed by atoms with Crippen molar-refractivity contribution in [3.05, 3.63) is 36.4 Å². The number of rotatable bonds is 6. The molecular formula is C20H27O4P. The summed E-state index contributed by atoms with van der Waals surface area (Å²) in [5.74, 6) is 3.25. The highest BCUT2D eigenvalue weighted by atomic mass is 31.1. The number of ether oxygens (including phenoxy) is 4. The Bertz CT molecular complexity index is 622. The zero-order valence-electron chi connectivity index (χ0n) is 16.0. The number of hydrogen-bond acceptors (Lipinski definition) is 4. The third kappa shape index (κ3) is 3.85. The van der Waals surface area contributed by atoms with Gasteiger partial charge in [-0.05, 0) is 37.3 Å². The van der Waals surface area contributed by atoms with E-state index in [-0.39, 0.29) is 5.16 Å². The molecule has 0 spiro atoms. The molecule has 25 heavy (non-hydrogen) atoms. The molecule has 0 amide bonds. The van der Waals surface area contributed by atoms with Crippen molar-refractivity contribution in [3.8, 4) is 23.0 Å². The summed E-state index contributed by atoms with van der Waals surface area (Å²) in [7, 11) is 5.86. The average molecular weight is 362 g/mol. The monoisotopic (exact) mass is 362 g/mol. The van der Waals surface area contributed by atoms with E-state index < -0.39 is 7.92 Å². The molecule has 0 aliphatic rings. The topological polar surface area (TPSA) is 36.9 Å². The second-order valence-electron chi connectivity index (χ2n) is 6.53. The van der Waals surface area contributed by atoms with Crippen molar-refractivity contribution in [2.45, 2.75) is 25.9 Å². The van der Waals surface area contributed by atoms with Crippen LogP contribution in [-0.4, -0.2) is 33.6 Å². The Hall–Kier alpha value is -1.93. The van der Waals surface area contributed by atoms with Gasteiger partial charge >= 0.3 is 0 Å². The Morgan fingerprint density at radius 1 is 0.600 bits per heavy atom. The minimum atomic E-state index is -0.898. The van der Waals surface area contributed by atoms with Crippen molar-refractivity contribution in [1.29, 1.82) is 0 Å². The first-order chi connectivity index (χ1) is 11.9. The lowest BCUT2D eigenvalue weighted by atomic mass is 10.2. The first kappa shape index (κ1) is 19.4. The van der Waals surface area contributed by atoms with Crippen molar-refractivity contribution in [1.82, 2.24) is 0 Å². The average Bonchev–Trinajstić information content (AvgIpc) is 2.60. The first-order valence-corrected chi connectivity index (χ1v) is 9.45. The predicted octanol–water partition coefficient (Wildman–Crippen LogP) is 3.95. The van der Waals surface area contributed by atoms with E-state index in [2.05, 4.69) is 20.8 Å². The van der Waals surface area contributed by atoms with Gasteiger partial charge < -0.3 is 18.9 Å². The van der Waals surface area contributed by atoms with Gasteiger partial charge in [0.05, 0.1) is 39.0 Å². The molecule has 0 N–H and O–H groups in total. The van der Waals surface area contributed by atoms with Gasteiger partial charge in [-0.25, -0.2) is 0 Å². The lowest BCUT2D eigenvalue weighted by molar-refractivity contribution is 0.399. The molecule has 4 nitrogen and oxygen atoms in total. The molecule has 0 atom stereocenters. The summed E-state index contributed by atoms with van der Waals surface area (Å²) >= 11 is 0. The van der Waals surface area contributed by atoms with Crippen LogP contribution < -0.4 is 29.6 Å². The summed E-state index contributed by atoms with van der Waals surface area (Å²) in [4.78, 5) is 0. The van der Waals surface area contributed by atoms with Crippen LogP contribution in [0.1, 0.15) is 20.8 Å². The summed E-state index contributed by atoms with van der Waals surface area (Å²) in [5.41, 5.74) is 0. The molecule has 0 saturated heterocycles. The fraction of sp³-hybridized carbons (Fsp3) is 0.400. The van der Waals surface area contributed by atoms with E-state index in [1.165, 1.54) is 0 Å². The van der Waals surface area contributed by atoms with Crippen LogP contribution >= 0.6 is 7.92 Å². The van der Waals surface area contributed by atoms with Crippen molar-refractivity contribution in [3.63, 3.8) is 0 Å². The molecule has 136 valence electrons. The number of hydrogen-bond donors (Lipinski definition) is 0. The highest BCUT2D eigenvalue weighted by Gasteiger charge is 2.36. The van der Waals surface area contributed by atoms with E-state index in [1.54, 1.807) is 28.4 Å². The van der Waals surface area contributed by atoms with E-state index >= 15 is 0 Å². The fourth-order valence-corrected chi connectivity index (χ4v) is 6.00.